The number of hydrogen-bond donors (Lipinski definition) is 1. The SMILES string of the molecule is c1cc(OC2CCNCC2)c2sccc2c1. The van der Waals surface area contributed by atoms with Gasteiger partial charge in [-0.2, -0.15) is 0 Å². The summed E-state index contributed by atoms with van der Waals surface area (Å²) in [6, 6.07) is 8.45. The molecular weight excluding hydrogens is 218 g/mol. The third-order valence-corrected chi connectivity index (χ3v) is 3.97. The maximum Gasteiger partial charge on any atom is 0.137 e. The topological polar surface area (TPSA) is 21.3 Å². The van der Waals surface area contributed by atoms with E-state index in [4.69, 9.17) is 4.74 Å². The van der Waals surface area contributed by atoms with Crippen LogP contribution in [0.1, 0.15) is 12.8 Å². The average Bonchev–Trinajstić information content (AvgIpc) is 2.80. The van der Waals surface area contributed by atoms with Gasteiger partial charge in [-0.15, -0.1) is 11.3 Å². The standard InChI is InChI=1S/C13H15NOS/c1-2-10-6-9-16-13(10)12(3-1)15-11-4-7-14-8-5-11/h1-3,6,9,11,14H,4-5,7-8H2. The molecule has 1 aromatic heterocycles. The molecule has 1 fully saturated rings. The molecule has 3 rings (SSSR count). The zero-order valence-electron chi connectivity index (χ0n) is 9.11. The van der Waals surface area contributed by atoms with Gasteiger partial charge in [0.1, 0.15) is 11.9 Å². The van der Waals surface area contributed by atoms with E-state index in [1.807, 2.05) is 0 Å². The van der Waals surface area contributed by atoms with Crippen LogP contribution in [0, 0.1) is 0 Å². The van der Waals surface area contributed by atoms with Crippen molar-refractivity contribution in [3.63, 3.8) is 0 Å². The Balaban J connectivity index is 1.85. The molecule has 1 saturated heterocycles. The largest absolute Gasteiger partial charge is 0.489 e. The summed E-state index contributed by atoms with van der Waals surface area (Å²) < 4.78 is 7.38. The molecule has 1 aliphatic rings. The molecule has 84 valence electrons. The first-order valence-electron chi connectivity index (χ1n) is 5.77. The molecule has 1 aliphatic heterocycles. The predicted octanol–water partition coefficient (Wildman–Crippen LogP) is 3.03. The van der Waals surface area contributed by atoms with E-state index in [1.165, 1.54) is 10.1 Å². The lowest BCUT2D eigenvalue weighted by Gasteiger charge is -2.24. The van der Waals surface area contributed by atoms with Crippen LogP contribution in [0.25, 0.3) is 10.1 Å². The van der Waals surface area contributed by atoms with Gasteiger partial charge >= 0.3 is 0 Å². The van der Waals surface area contributed by atoms with Crippen molar-refractivity contribution in [2.24, 2.45) is 0 Å². The maximum atomic E-state index is 6.10. The third kappa shape index (κ3) is 1.93. The first kappa shape index (κ1) is 10.1. The van der Waals surface area contributed by atoms with Gasteiger partial charge in [-0.3, -0.25) is 0 Å². The Bertz CT molecular complexity index is 473. The van der Waals surface area contributed by atoms with Crippen LogP contribution in [0.2, 0.25) is 0 Å². The summed E-state index contributed by atoms with van der Waals surface area (Å²) in [6.07, 6.45) is 2.61. The van der Waals surface area contributed by atoms with E-state index in [0.29, 0.717) is 6.10 Å². The number of ether oxygens (including phenoxy) is 1. The van der Waals surface area contributed by atoms with Crippen molar-refractivity contribution in [2.45, 2.75) is 18.9 Å². The van der Waals surface area contributed by atoms with Gasteiger partial charge in [0.25, 0.3) is 0 Å². The minimum Gasteiger partial charge on any atom is -0.489 e. The summed E-state index contributed by atoms with van der Waals surface area (Å²) in [5.74, 6) is 1.06. The molecule has 0 atom stereocenters. The molecule has 1 aromatic carbocycles. The lowest BCUT2D eigenvalue weighted by molar-refractivity contribution is 0.165. The molecular formula is C13H15NOS. The van der Waals surface area contributed by atoms with Crippen molar-refractivity contribution in [1.29, 1.82) is 0 Å². The molecule has 0 aliphatic carbocycles. The Morgan fingerprint density at radius 2 is 2.06 bits per heavy atom. The molecule has 3 heteroatoms. The predicted molar refractivity (Wildman–Crippen MR) is 68.3 cm³/mol. The number of hydrogen-bond acceptors (Lipinski definition) is 3. The highest BCUT2D eigenvalue weighted by Gasteiger charge is 2.15. The Morgan fingerprint density at radius 3 is 2.94 bits per heavy atom. The number of piperidine rings is 1. The van der Waals surface area contributed by atoms with Crippen LogP contribution in [-0.4, -0.2) is 19.2 Å². The van der Waals surface area contributed by atoms with Crippen molar-refractivity contribution in [3.8, 4) is 5.75 Å². The lowest BCUT2D eigenvalue weighted by Crippen LogP contribution is -2.34. The highest BCUT2D eigenvalue weighted by molar-refractivity contribution is 7.17. The summed E-state index contributed by atoms with van der Waals surface area (Å²) in [7, 11) is 0. The molecule has 2 nitrogen and oxygen atoms in total. The number of fused-ring (bicyclic) bond motifs is 1. The van der Waals surface area contributed by atoms with Crippen molar-refractivity contribution < 1.29 is 4.74 Å². The molecule has 0 saturated carbocycles. The number of benzene rings is 1. The molecule has 2 heterocycles. The van der Waals surface area contributed by atoms with E-state index in [1.54, 1.807) is 11.3 Å². The van der Waals surface area contributed by atoms with E-state index in [2.05, 4.69) is 35.0 Å². The second-order valence-corrected chi connectivity index (χ2v) is 5.08. The summed E-state index contributed by atoms with van der Waals surface area (Å²) in [5.41, 5.74) is 0. The first-order valence-corrected chi connectivity index (χ1v) is 6.65. The summed E-state index contributed by atoms with van der Waals surface area (Å²) in [6.45, 7) is 2.15. The van der Waals surface area contributed by atoms with Gasteiger partial charge in [0.2, 0.25) is 0 Å². The monoisotopic (exact) mass is 233 g/mol. The van der Waals surface area contributed by atoms with Crippen LogP contribution in [0.5, 0.6) is 5.75 Å². The Kier molecular flexibility index (Phi) is 2.80. The summed E-state index contributed by atoms with van der Waals surface area (Å²) in [4.78, 5) is 0. The maximum absolute atomic E-state index is 6.10. The van der Waals surface area contributed by atoms with Crippen LogP contribution < -0.4 is 10.1 Å². The smallest absolute Gasteiger partial charge is 0.137 e. The van der Waals surface area contributed by atoms with E-state index < -0.39 is 0 Å². The molecule has 0 amide bonds. The van der Waals surface area contributed by atoms with Crippen LogP contribution in [0.3, 0.4) is 0 Å². The molecule has 0 radical (unpaired) electrons. The number of thiophene rings is 1. The fourth-order valence-corrected chi connectivity index (χ4v) is 3.01. The van der Waals surface area contributed by atoms with Gasteiger partial charge in [0, 0.05) is 0 Å². The normalized spacial score (nSPS) is 17.8. The van der Waals surface area contributed by atoms with Crippen molar-refractivity contribution in [1.82, 2.24) is 5.32 Å². The molecule has 1 N–H and O–H groups in total. The summed E-state index contributed by atoms with van der Waals surface area (Å²) >= 11 is 1.76. The number of rotatable bonds is 2. The first-order chi connectivity index (χ1) is 7.93. The van der Waals surface area contributed by atoms with Gasteiger partial charge in [-0.25, -0.2) is 0 Å². The third-order valence-electron chi connectivity index (χ3n) is 3.02. The molecule has 2 aromatic rings. The van der Waals surface area contributed by atoms with Gasteiger partial charge in [-0.05, 0) is 48.8 Å². The highest BCUT2D eigenvalue weighted by atomic mass is 32.1. The van der Waals surface area contributed by atoms with Crippen molar-refractivity contribution in [3.05, 3.63) is 29.6 Å². The second-order valence-electron chi connectivity index (χ2n) is 4.16. The second kappa shape index (κ2) is 4.44. The van der Waals surface area contributed by atoms with Crippen LogP contribution in [0.15, 0.2) is 29.6 Å². The van der Waals surface area contributed by atoms with Crippen LogP contribution >= 0.6 is 11.3 Å². The fraction of sp³-hybridized carbons (Fsp3) is 0.385. The van der Waals surface area contributed by atoms with E-state index >= 15 is 0 Å². The van der Waals surface area contributed by atoms with Gasteiger partial charge in [0.05, 0.1) is 4.70 Å². The van der Waals surface area contributed by atoms with Crippen molar-refractivity contribution >= 4 is 21.4 Å². The minimum atomic E-state index is 0.383. The quantitative estimate of drug-likeness (QED) is 0.861. The molecule has 16 heavy (non-hydrogen) atoms. The fourth-order valence-electron chi connectivity index (χ4n) is 2.15. The van der Waals surface area contributed by atoms with Gasteiger partial charge < -0.3 is 10.1 Å². The molecule has 0 unspecified atom stereocenters. The van der Waals surface area contributed by atoms with E-state index in [0.717, 1.165) is 31.7 Å². The summed E-state index contributed by atoms with van der Waals surface area (Å²) in [5, 5.41) is 6.77. The van der Waals surface area contributed by atoms with Crippen LogP contribution in [-0.2, 0) is 0 Å². The van der Waals surface area contributed by atoms with Gasteiger partial charge in [0.15, 0.2) is 0 Å². The van der Waals surface area contributed by atoms with E-state index in [-0.39, 0.29) is 0 Å². The Labute approximate surface area is 99.2 Å². The average molecular weight is 233 g/mol. The molecule has 0 bridgehead atoms. The zero-order valence-corrected chi connectivity index (χ0v) is 9.93. The van der Waals surface area contributed by atoms with E-state index in [9.17, 15) is 0 Å². The van der Waals surface area contributed by atoms with Crippen LogP contribution in [0.4, 0.5) is 0 Å². The van der Waals surface area contributed by atoms with Gasteiger partial charge in [-0.1, -0.05) is 12.1 Å². The Hall–Kier alpha value is -1.06. The number of nitrogens with one attached hydrogen (secondary N) is 1. The van der Waals surface area contributed by atoms with Crippen molar-refractivity contribution in [2.75, 3.05) is 13.1 Å². The zero-order chi connectivity index (χ0) is 10.8. The highest BCUT2D eigenvalue weighted by Crippen LogP contribution is 2.31. The Morgan fingerprint density at radius 1 is 1.19 bits per heavy atom. The lowest BCUT2D eigenvalue weighted by atomic mass is 10.1. The molecule has 0 spiro atoms. The minimum absolute atomic E-state index is 0.383.